The molecule has 1 heterocycles. The van der Waals surface area contributed by atoms with Crippen LogP contribution in [-0.2, 0) is 21.2 Å². The van der Waals surface area contributed by atoms with Crippen molar-refractivity contribution in [3.63, 3.8) is 0 Å². The molecule has 0 spiro atoms. The van der Waals surface area contributed by atoms with E-state index in [9.17, 15) is 13.2 Å². The van der Waals surface area contributed by atoms with E-state index in [1.54, 1.807) is 6.07 Å². The van der Waals surface area contributed by atoms with E-state index in [-0.39, 0.29) is 21.7 Å². The monoisotopic (exact) mass is 418 g/mol. The molecular weight excluding hydrogens is 396 g/mol. The number of carbonyl (C=O) groups excluding carboxylic acids is 1. The molecule has 1 saturated heterocycles. The molecule has 1 aliphatic carbocycles. The first-order chi connectivity index (χ1) is 13.5. The predicted octanol–water partition coefficient (Wildman–Crippen LogP) is 4.18. The quantitative estimate of drug-likeness (QED) is 0.809. The number of amides is 1. The van der Waals surface area contributed by atoms with Crippen molar-refractivity contribution in [2.75, 3.05) is 18.4 Å². The Morgan fingerprint density at radius 1 is 1.07 bits per heavy atom. The minimum atomic E-state index is -3.65. The number of rotatable bonds is 4. The second-order valence-electron chi connectivity index (χ2n) is 7.39. The zero-order valence-corrected chi connectivity index (χ0v) is 17.1. The average molecular weight is 419 g/mol. The summed E-state index contributed by atoms with van der Waals surface area (Å²) in [7, 11) is -3.65. The lowest BCUT2D eigenvalue weighted by Gasteiger charge is -2.25. The number of carbonyl (C=O) groups is 1. The van der Waals surface area contributed by atoms with Crippen molar-refractivity contribution in [1.82, 2.24) is 4.31 Å². The fourth-order valence-electron chi connectivity index (χ4n) is 4.10. The van der Waals surface area contributed by atoms with Crippen LogP contribution in [0.3, 0.4) is 0 Å². The van der Waals surface area contributed by atoms with Crippen LogP contribution in [0.25, 0.3) is 0 Å². The third kappa shape index (κ3) is 3.69. The Balaban J connectivity index is 1.59. The fraction of sp³-hybridized carbons (Fsp3) is 0.381. The van der Waals surface area contributed by atoms with E-state index >= 15 is 0 Å². The first kappa shape index (κ1) is 19.4. The molecule has 0 bridgehead atoms. The van der Waals surface area contributed by atoms with Crippen LogP contribution in [0.4, 0.5) is 5.69 Å². The van der Waals surface area contributed by atoms with Gasteiger partial charge < -0.3 is 5.32 Å². The van der Waals surface area contributed by atoms with E-state index in [1.165, 1.54) is 22.0 Å². The van der Waals surface area contributed by atoms with E-state index in [2.05, 4.69) is 11.4 Å². The zero-order chi connectivity index (χ0) is 19.7. The molecule has 1 aliphatic heterocycles. The lowest BCUT2D eigenvalue weighted by atomic mass is 9.82. The highest BCUT2D eigenvalue weighted by Gasteiger charge is 2.30. The Kier molecular flexibility index (Phi) is 5.45. The van der Waals surface area contributed by atoms with E-state index in [1.807, 2.05) is 18.2 Å². The topological polar surface area (TPSA) is 66.5 Å². The van der Waals surface area contributed by atoms with Gasteiger partial charge in [-0.1, -0.05) is 35.9 Å². The van der Waals surface area contributed by atoms with Gasteiger partial charge in [0, 0.05) is 18.8 Å². The summed E-state index contributed by atoms with van der Waals surface area (Å²) in [6.07, 6.45) is 4.45. The van der Waals surface area contributed by atoms with E-state index < -0.39 is 10.0 Å². The highest BCUT2D eigenvalue weighted by atomic mass is 35.5. The molecule has 1 amide bonds. The maximum Gasteiger partial charge on any atom is 0.244 e. The molecule has 5 nitrogen and oxygen atoms in total. The number of halogens is 1. The molecule has 2 aliphatic rings. The highest BCUT2D eigenvalue weighted by molar-refractivity contribution is 7.89. The summed E-state index contributed by atoms with van der Waals surface area (Å²) >= 11 is 6.19. The minimum absolute atomic E-state index is 0.0536. The number of nitrogens with one attached hydrogen (secondary N) is 1. The van der Waals surface area contributed by atoms with Gasteiger partial charge in [0.05, 0.1) is 10.9 Å². The van der Waals surface area contributed by atoms with Gasteiger partial charge in [-0.25, -0.2) is 8.42 Å². The number of benzene rings is 2. The molecule has 2 aromatic carbocycles. The van der Waals surface area contributed by atoms with Crippen molar-refractivity contribution in [3.8, 4) is 0 Å². The van der Waals surface area contributed by atoms with Crippen LogP contribution < -0.4 is 5.32 Å². The lowest BCUT2D eigenvalue weighted by Crippen LogP contribution is -2.28. The smallest absolute Gasteiger partial charge is 0.244 e. The Hall–Kier alpha value is -1.89. The highest BCUT2D eigenvalue weighted by Crippen LogP contribution is 2.34. The fourth-order valence-corrected chi connectivity index (χ4v) is 6.12. The number of hydrogen-bond acceptors (Lipinski definition) is 3. The molecule has 0 aromatic heterocycles. The van der Waals surface area contributed by atoms with Crippen molar-refractivity contribution in [2.45, 2.75) is 42.9 Å². The second kappa shape index (κ2) is 7.85. The van der Waals surface area contributed by atoms with E-state index in [0.717, 1.165) is 37.7 Å². The van der Waals surface area contributed by atoms with Gasteiger partial charge in [0.2, 0.25) is 15.9 Å². The van der Waals surface area contributed by atoms with Gasteiger partial charge in [0.15, 0.2) is 0 Å². The van der Waals surface area contributed by atoms with Gasteiger partial charge in [-0.2, -0.15) is 4.31 Å². The first-order valence-corrected chi connectivity index (χ1v) is 11.5. The molecule has 4 rings (SSSR count). The number of hydrogen-bond donors (Lipinski definition) is 1. The second-order valence-corrected chi connectivity index (χ2v) is 9.70. The summed E-state index contributed by atoms with van der Waals surface area (Å²) in [5.41, 5.74) is 2.72. The predicted molar refractivity (Wildman–Crippen MR) is 110 cm³/mol. The minimum Gasteiger partial charge on any atom is -0.326 e. The Morgan fingerprint density at radius 2 is 1.82 bits per heavy atom. The van der Waals surface area contributed by atoms with Crippen molar-refractivity contribution in [1.29, 1.82) is 0 Å². The van der Waals surface area contributed by atoms with Gasteiger partial charge in [0.1, 0.15) is 4.90 Å². The third-order valence-electron chi connectivity index (χ3n) is 5.57. The van der Waals surface area contributed by atoms with Crippen LogP contribution in [0, 0.1) is 0 Å². The van der Waals surface area contributed by atoms with Gasteiger partial charge in [-0.15, -0.1) is 0 Å². The molecular formula is C21H23ClN2O3S. The maximum atomic E-state index is 12.9. The molecule has 1 fully saturated rings. The van der Waals surface area contributed by atoms with Gasteiger partial charge in [-0.3, -0.25) is 4.79 Å². The standard InChI is InChI=1S/C21H23ClN2O3S/c22-19-11-10-16(14-20(19)28(26,27)24-12-3-4-13-24)23-21(25)18-9-5-7-15-6-1-2-8-17(15)18/h1-2,6,8,10-11,14,18H,3-5,7,9,12-13H2,(H,23,25). The summed E-state index contributed by atoms with van der Waals surface area (Å²) in [6.45, 7) is 1.02. The van der Waals surface area contributed by atoms with Crippen LogP contribution in [0.15, 0.2) is 47.4 Å². The Bertz CT molecular complexity index is 1000. The lowest BCUT2D eigenvalue weighted by molar-refractivity contribution is -0.117. The SMILES string of the molecule is O=C(Nc1ccc(Cl)c(S(=O)(=O)N2CCCC2)c1)C1CCCc2ccccc21. The molecule has 7 heteroatoms. The normalized spacial score (nSPS) is 20.0. The molecule has 0 saturated carbocycles. The number of aryl methyl sites for hydroxylation is 1. The summed E-state index contributed by atoms with van der Waals surface area (Å²) in [6, 6.07) is 12.7. The molecule has 148 valence electrons. The molecule has 1 atom stereocenters. The van der Waals surface area contributed by atoms with E-state index in [4.69, 9.17) is 11.6 Å². The maximum absolute atomic E-state index is 12.9. The molecule has 28 heavy (non-hydrogen) atoms. The van der Waals surface area contributed by atoms with Crippen LogP contribution in [0.1, 0.15) is 42.7 Å². The average Bonchev–Trinajstić information content (AvgIpc) is 3.24. The van der Waals surface area contributed by atoms with Crippen molar-refractivity contribution in [2.24, 2.45) is 0 Å². The summed E-state index contributed by atoms with van der Waals surface area (Å²) in [5, 5.41) is 3.08. The van der Waals surface area contributed by atoms with Crippen LogP contribution in [0.2, 0.25) is 5.02 Å². The molecule has 1 N–H and O–H groups in total. The number of fused-ring (bicyclic) bond motifs is 1. The van der Waals surface area contributed by atoms with Crippen LogP contribution >= 0.6 is 11.6 Å². The van der Waals surface area contributed by atoms with Crippen molar-refractivity contribution in [3.05, 3.63) is 58.6 Å². The van der Waals surface area contributed by atoms with Gasteiger partial charge in [0.25, 0.3) is 0 Å². The van der Waals surface area contributed by atoms with Crippen LogP contribution in [-0.4, -0.2) is 31.7 Å². The Morgan fingerprint density at radius 3 is 2.61 bits per heavy atom. The summed E-state index contributed by atoms with van der Waals surface area (Å²) in [5.74, 6) is -0.335. The van der Waals surface area contributed by atoms with Crippen LogP contribution in [0.5, 0.6) is 0 Å². The number of anilines is 1. The third-order valence-corrected chi connectivity index (χ3v) is 7.95. The van der Waals surface area contributed by atoms with Crippen molar-refractivity contribution >= 4 is 33.2 Å². The van der Waals surface area contributed by atoms with Gasteiger partial charge in [-0.05, 0) is 61.4 Å². The van der Waals surface area contributed by atoms with Crippen molar-refractivity contribution < 1.29 is 13.2 Å². The number of sulfonamides is 1. The molecule has 0 radical (unpaired) electrons. The summed E-state index contributed by atoms with van der Waals surface area (Å²) < 4.78 is 27.2. The summed E-state index contributed by atoms with van der Waals surface area (Å²) in [4.78, 5) is 13.0. The van der Waals surface area contributed by atoms with Gasteiger partial charge >= 0.3 is 0 Å². The largest absolute Gasteiger partial charge is 0.326 e. The zero-order valence-electron chi connectivity index (χ0n) is 15.5. The molecule has 2 aromatic rings. The number of nitrogens with zero attached hydrogens (tertiary/aromatic N) is 1. The first-order valence-electron chi connectivity index (χ1n) is 9.65. The Labute approximate surface area is 170 Å². The molecule has 1 unspecified atom stereocenters. The van der Waals surface area contributed by atoms with E-state index in [0.29, 0.717) is 18.8 Å².